The predicted octanol–water partition coefficient (Wildman–Crippen LogP) is 9.20. The molecule has 49 heavy (non-hydrogen) atoms. The zero-order valence-electron chi connectivity index (χ0n) is 27.4. The zero-order valence-corrected chi connectivity index (χ0v) is 29.8. The Morgan fingerprint density at radius 1 is 0.755 bits per heavy atom. The van der Waals surface area contributed by atoms with Gasteiger partial charge in [-0.3, -0.25) is 13.9 Å². The standard InChI is InChI=1S/C39H36N4O3S3/c1-25-10-14-27(15-11-25)23-42-36-31(20-29-18-19-47-38(29)36)33(40-42)8-6-4-3-5-7-9-34-32-21-30-22-35(49(44,45)46)48-39(30)37(32)43(41-34)24-28-16-12-26(2)13-17-28/h6-19,22H,3-5,20-21,23-24H2,1-2H3,(H,44,45,46). The molecule has 4 heterocycles. The van der Waals surface area contributed by atoms with Crippen LogP contribution >= 0.6 is 22.7 Å². The molecule has 4 aromatic heterocycles. The molecule has 0 saturated carbocycles. The summed E-state index contributed by atoms with van der Waals surface area (Å²) in [5.74, 6) is 0. The number of fused-ring (bicyclic) bond motifs is 6. The third-order valence-corrected chi connectivity index (χ3v) is 12.8. The summed E-state index contributed by atoms with van der Waals surface area (Å²) < 4.78 is 37.6. The van der Waals surface area contributed by atoms with E-state index >= 15 is 0 Å². The molecule has 0 atom stereocenters. The van der Waals surface area contributed by atoms with Crippen LogP contribution in [0, 0.1) is 13.8 Å². The second-order valence-corrected chi connectivity index (χ2v) is 16.6. The molecule has 0 fully saturated rings. The van der Waals surface area contributed by atoms with E-state index in [2.05, 4.69) is 103 Å². The topological polar surface area (TPSA) is 90.0 Å². The molecule has 0 amide bonds. The van der Waals surface area contributed by atoms with E-state index < -0.39 is 10.1 Å². The van der Waals surface area contributed by atoms with Crippen molar-refractivity contribution < 1.29 is 13.0 Å². The minimum Gasteiger partial charge on any atom is -0.281 e. The van der Waals surface area contributed by atoms with Gasteiger partial charge in [0, 0.05) is 24.0 Å². The van der Waals surface area contributed by atoms with E-state index in [9.17, 15) is 13.0 Å². The second kappa shape index (κ2) is 12.8. The van der Waals surface area contributed by atoms with E-state index in [4.69, 9.17) is 10.2 Å². The molecule has 10 heteroatoms. The molecular weight excluding hydrogens is 669 g/mol. The van der Waals surface area contributed by atoms with Gasteiger partial charge in [0.2, 0.25) is 0 Å². The van der Waals surface area contributed by atoms with Crippen LogP contribution in [0.15, 0.2) is 82.4 Å². The summed E-state index contributed by atoms with van der Waals surface area (Å²) >= 11 is 2.92. The highest BCUT2D eigenvalue weighted by molar-refractivity contribution is 7.88. The van der Waals surface area contributed by atoms with E-state index in [1.807, 2.05) is 4.68 Å². The van der Waals surface area contributed by atoms with Crippen molar-refractivity contribution in [3.63, 3.8) is 0 Å². The van der Waals surface area contributed by atoms with Gasteiger partial charge in [-0.05, 0) is 85.0 Å². The number of benzene rings is 2. The summed E-state index contributed by atoms with van der Waals surface area (Å²) in [5, 5.41) is 12.2. The fraction of sp³-hybridized carbons (Fsp3) is 0.231. The lowest BCUT2D eigenvalue weighted by molar-refractivity contribution is 0.485. The molecule has 0 unspecified atom stereocenters. The van der Waals surface area contributed by atoms with Gasteiger partial charge in [-0.15, -0.1) is 22.7 Å². The Morgan fingerprint density at radius 3 is 1.84 bits per heavy atom. The van der Waals surface area contributed by atoms with Crippen LogP contribution in [0.1, 0.15) is 75.2 Å². The van der Waals surface area contributed by atoms with Crippen LogP contribution in [0.2, 0.25) is 0 Å². The van der Waals surface area contributed by atoms with Crippen molar-refractivity contribution in [2.45, 2.75) is 63.3 Å². The summed E-state index contributed by atoms with van der Waals surface area (Å²) in [6.07, 6.45) is 13.1. The first kappa shape index (κ1) is 31.9. The van der Waals surface area contributed by atoms with Crippen LogP contribution in [0.4, 0.5) is 0 Å². The lowest BCUT2D eigenvalue weighted by Gasteiger charge is -2.06. The monoisotopic (exact) mass is 704 g/mol. The Labute approximate surface area is 294 Å². The number of allylic oxidation sites excluding steroid dienone is 2. The summed E-state index contributed by atoms with van der Waals surface area (Å²) in [4.78, 5) is 2.22. The van der Waals surface area contributed by atoms with Gasteiger partial charge in [-0.1, -0.05) is 71.8 Å². The van der Waals surface area contributed by atoms with Crippen LogP contribution in [0.25, 0.3) is 33.3 Å². The highest BCUT2D eigenvalue weighted by Gasteiger charge is 2.31. The number of hydrogen-bond acceptors (Lipinski definition) is 6. The average molecular weight is 705 g/mol. The lowest BCUT2D eigenvalue weighted by atomic mass is 10.1. The van der Waals surface area contributed by atoms with Gasteiger partial charge in [0.05, 0.1) is 45.6 Å². The van der Waals surface area contributed by atoms with E-state index in [1.54, 1.807) is 17.4 Å². The maximum Gasteiger partial charge on any atom is 0.304 e. The Balaban J connectivity index is 0.960. The van der Waals surface area contributed by atoms with Crippen LogP contribution in [-0.4, -0.2) is 32.5 Å². The van der Waals surface area contributed by atoms with E-state index in [0.717, 1.165) is 82.2 Å². The van der Waals surface area contributed by atoms with Crippen LogP contribution in [0.5, 0.6) is 0 Å². The normalized spacial score (nSPS) is 13.4. The smallest absolute Gasteiger partial charge is 0.281 e. The number of hydrogen-bond donors (Lipinski definition) is 1. The lowest BCUT2D eigenvalue weighted by Crippen LogP contribution is -2.03. The summed E-state index contributed by atoms with van der Waals surface area (Å²) in [5.41, 5.74) is 13.8. The fourth-order valence-electron chi connectivity index (χ4n) is 6.79. The van der Waals surface area contributed by atoms with Crippen molar-refractivity contribution in [1.82, 2.24) is 19.6 Å². The van der Waals surface area contributed by atoms with Gasteiger partial charge in [-0.25, -0.2) is 0 Å². The van der Waals surface area contributed by atoms with Crippen molar-refractivity contribution in [2.75, 3.05) is 0 Å². The molecule has 2 aliphatic rings. The minimum atomic E-state index is -4.26. The molecule has 6 aromatic rings. The Morgan fingerprint density at radius 2 is 1.29 bits per heavy atom. The molecule has 2 aromatic carbocycles. The largest absolute Gasteiger partial charge is 0.304 e. The predicted molar refractivity (Wildman–Crippen MR) is 199 cm³/mol. The Bertz CT molecular complexity index is 2350. The quantitative estimate of drug-likeness (QED) is 0.107. The molecule has 0 radical (unpaired) electrons. The van der Waals surface area contributed by atoms with Gasteiger partial charge < -0.3 is 0 Å². The SMILES string of the molecule is Cc1ccc(Cn2nc(C=CCCCC=Cc3nn(Cc4ccc(C)cc4)c4c3Cc3cc(S(=O)(=O)O)sc3-4)c3c2-c2sccc2C3)cc1. The molecule has 0 spiro atoms. The highest BCUT2D eigenvalue weighted by Crippen LogP contribution is 2.46. The Hall–Kier alpha value is -4.35. The first-order chi connectivity index (χ1) is 23.7. The summed E-state index contributed by atoms with van der Waals surface area (Å²) in [6.45, 7) is 5.52. The van der Waals surface area contributed by atoms with Crippen molar-refractivity contribution in [3.05, 3.63) is 134 Å². The van der Waals surface area contributed by atoms with Crippen molar-refractivity contribution in [1.29, 1.82) is 0 Å². The maximum absolute atomic E-state index is 11.9. The Kier molecular flexibility index (Phi) is 8.35. The molecule has 0 bridgehead atoms. The van der Waals surface area contributed by atoms with Gasteiger partial charge in [-0.2, -0.15) is 18.6 Å². The van der Waals surface area contributed by atoms with Crippen LogP contribution in [-0.2, 0) is 36.0 Å². The molecule has 8 rings (SSSR count). The molecule has 7 nitrogen and oxygen atoms in total. The van der Waals surface area contributed by atoms with Crippen molar-refractivity contribution >= 4 is 44.9 Å². The third-order valence-electron chi connectivity index (χ3n) is 9.31. The van der Waals surface area contributed by atoms with E-state index in [1.165, 1.54) is 38.4 Å². The molecule has 0 aliphatic heterocycles. The number of aromatic nitrogens is 4. The molecule has 248 valence electrons. The zero-order chi connectivity index (χ0) is 33.7. The van der Waals surface area contributed by atoms with Crippen LogP contribution < -0.4 is 0 Å². The minimum absolute atomic E-state index is 0.0181. The maximum atomic E-state index is 11.9. The molecule has 2 aliphatic carbocycles. The number of unbranched alkanes of at least 4 members (excludes halogenated alkanes) is 2. The van der Waals surface area contributed by atoms with Gasteiger partial charge >= 0.3 is 10.1 Å². The van der Waals surface area contributed by atoms with Crippen molar-refractivity contribution in [3.8, 4) is 21.1 Å². The summed E-state index contributed by atoms with van der Waals surface area (Å²) in [7, 11) is -4.26. The number of thiophene rings is 2. The highest BCUT2D eigenvalue weighted by atomic mass is 32.3. The van der Waals surface area contributed by atoms with Crippen molar-refractivity contribution in [2.24, 2.45) is 0 Å². The van der Waals surface area contributed by atoms with Gasteiger partial charge in [0.1, 0.15) is 4.21 Å². The van der Waals surface area contributed by atoms with Gasteiger partial charge in [0.15, 0.2) is 0 Å². The van der Waals surface area contributed by atoms with E-state index in [0.29, 0.717) is 13.0 Å². The average Bonchev–Trinajstić information content (AvgIpc) is 3.89. The fourth-order valence-corrected chi connectivity index (χ4v) is 9.74. The van der Waals surface area contributed by atoms with Crippen LogP contribution in [0.3, 0.4) is 0 Å². The van der Waals surface area contributed by atoms with E-state index in [-0.39, 0.29) is 4.21 Å². The number of nitrogens with zero attached hydrogens (tertiary/aromatic N) is 4. The first-order valence-corrected chi connectivity index (χ1v) is 19.7. The first-order valence-electron chi connectivity index (χ1n) is 16.5. The third kappa shape index (κ3) is 6.30. The summed E-state index contributed by atoms with van der Waals surface area (Å²) in [6, 6.07) is 20.9. The molecule has 0 saturated heterocycles. The second-order valence-electron chi connectivity index (χ2n) is 13.0. The van der Waals surface area contributed by atoms with Gasteiger partial charge in [0.25, 0.3) is 0 Å². The number of rotatable bonds is 11. The molecular formula is C39H36N4O3S3. The molecule has 1 N–H and O–H groups in total. The number of aryl methyl sites for hydroxylation is 2.